The van der Waals surface area contributed by atoms with Gasteiger partial charge in [-0.2, -0.15) is 0 Å². The highest BCUT2D eigenvalue weighted by molar-refractivity contribution is 6.71. The van der Waals surface area contributed by atoms with Crippen LogP contribution in [0.1, 0.15) is 60.9 Å². The number of aliphatic hydroxyl groups excluding tert-OH is 2. The van der Waals surface area contributed by atoms with Crippen LogP contribution in [0.2, 0.25) is 18.6 Å². The molecule has 0 bridgehead atoms. The van der Waals surface area contributed by atoms with E-state index in [9.17, 15) is 24.6 Å². The molecule has 4 aliphatic heterocycles. The summed E-state index contributed by atoms with van der Waals surface area (Å²) in [4.78, 5) is 61.7. The van der Waals surface area contributed by atoms with Crippen molar-refractivity contribution in [2.24, 2.45) is 5.92 Å². The number of amides is 3. The Balaban J connectivity index is 1.21. The van der Waals surface area contributed by atoms with Gasteiger partial charge in [-0.25, -0.2) is 0 Å². The smallest absolute Gasteiger partial charge is 0.264 e. The Bertz CT molecular complexity index is 2270. The summed E-state index contributed by atoms with van der Waals surface area (Å²) in [5, 5.41) is 23.3. The fraction of sp³-hybridized carbons (Fsp3) is 0.438. The Morgan fingerprint density at radius 3 is 2.38 bits per heavy atom. The average molecular weight is 847 g/mol. The molecule has 13 heteroatoms. The van der Waals surface area contributed by atoms with Crippen molar-refractivity contribution in [1.29, 1.82) is 0 Å². The van der Waals surface area contributed by atoms with Crippen LogP contribution in [0.5, 0.6) is 5.75 Å². The zero-order valence-electron chi connectivity index (χ0n) is 35.5. The molecule has 0 aliphatic carbocycles. The van der Waals surface area contributed by atoms with Crippen LogP contribution < -0.4 is 19.9 Å². The van der Waals surface area contributed by atoms with E-state index in [0.717, 1.165) is 22.3 Å². The molecule has 4 heterocycles. The summed E-state index contributed by atoms with van der Waals surface area (Å²) < 4.78 is 13.0. The van der Waals surface area contributed by atoms with Crippen molar-refractivity contribution in [2.75, 3.05) is 36.2 Å². The van der Waals surface area contributed by atoms with Gasteiger partial charge in [0, 0.05) is 35.9 Å². The Labute approximate surface area is 359 Å². The Hall–Kier alpha value is -4.89. The molecule has 3 amide bonds. The first-order valence-electron chi connectivity index (χ1n) is 21.7. The highest BCUT2D eigenvalue weighted by Crippen LogP contribution is 2.60. The maximum absolute atomic E-state index is 15.4. The maximum atomic E-state index is 15.4. The van der Waals surface area contributed by atoms with Crippen molar-refractivity contribution >= 4 is 43.1 Å². The molecule has 4 N–H and O–H groups in total. The second kappa shape index (κ2) is 17.5. The van der Waals surface area contributed by atoms with Crippen LogP contribution in [0, 0.1) is 5.92 Å². The van der Waals surface area contributed by atoms with Crippen LogP contribution in [0.4, 0.5) is 17.1 Å². The molecule has 4 aromatic rings. The SMILES string of the molecule is CCOc1ccc2c(c1)CC(NCCCCO)C(=O)N2c1ccc2c(c1)[C@@]1(O[C@H](CC(=O)N3Cc4ccccc4C[C@H]3CO)[C@@H]([Si](C)(C)O)[C@@H]1C)C(=O)N2Cc1ccccc1. The second-order valence-corrected chi connectivity index (χ2v) is 21.5. The Morgan fingerprint density at radius 1 is 0.918 bits per heavy atom. The predicted molar refractivity (Wildman–Crippen MR) is 236 cm³/mol. The summed E-state index contributed by atoms with van der Waals surface area (Å²) in [6, 6.07) is 28.2. The van der Waals surface area contributed by atoms with Gasteiger partial charge in [0.15, 0.2) is 13.9 Å². The van der Waals surface area contributed by atoms with E-state index in [1.165, 1.54) is 0 Å². The number of benzene rings is 4. The van der Waals surface area contributed by atoms with Crippen molar-refractivity contribution in [1.82, 2.24) is 10.2 Å². The van der Waals surface area contributed by atoms with Crippen LogP contribution in [-0.4, -0.2) is 90.5 Å². The number of aliphatic hydroxyl groups is 2. The van der Waals surface area contributed by atoms with Crippen molar-refractivity contribution in [2.45, 2.75) is 101 Å². The summed E-state index contributed by atoms with van der Waals surface area (Å²) in [5.74, 6) is -0.462. The van der Waals surface area contributed by atoms with E-state index >= 15 is 4.79 Å². The van der Waals surface area contributed by atoms with Crippen molar-refractivity contribution < 1.29 is 38.9 Å². The zero-order valence-corrected chi connectivity index (χ0v) is 36.5. The second-order valence-electron chi connectivity index (χ2n) is 17.5. The topological polar surface area (TPSA) is 152 Å². The van der Waals surface area contributed by atoms with Gasteiger partial charge in [-0.05, 0) is 111 Å². The largest absolute Gasteiger partial charge is 0.494 e. The molecule has 1 unspecified atom stereocenters. The van der Waals surface area contributed by atoms with E-state index in [1.54, 1.807) is 14.7 Å². The molecule has 6 atom stereocenters. The van der Waals surface area contributed by atoms with Crippen molar-refractivity contribution in [3.63, 3.8) is 0 Å². The minimum absolute atomic E-state index is 0.0722. The van der Waals surface area contributed by atoms with Gasteiger partial charge < -0.3 is 39.6 Å². The standard InChI is InChI=1S/C48H58N4O8Si/c1-5-59-38-18-20-41-35(24-38)25-40(49-21-11-12-22-53)46(56)52(41)36-17-19-42-39(26-36)48(47(57)51(42)28-32-13-7-6-8-14-32)31(2)45(61(3,4)58)43(60-48)27-44(55)50-29-34-16-10-9-15-33(34)23-37(50)30-54/h6-10,13-20,24,26,31,37,40,43,45,49,53-54,58H,5,11-12,21-23,25,27-30H2,1-4H3/t31-,37-,40?,43+,45-,48+/m0/s1. The summed E-state index contributed by atoms with van der Waals surface area (Å²) in [6.07, 6.45) is 1.44. The van der Waals surface area contributed by atoms with Crippen LogP contribution in [0.3, 0.4) is 0 Å². The lowest BCUT2D eigenvalue weighted by atomic mass is 9.82. The van der Waals surface area contributed by atoms with Gasteiger partial charge >= 0.3 is 0 Å². The third-order valence-corrected chi connectivity index (χ3v) is 15.7. The average Bonchev–Trinajstić information content (AvgIpc) is 3.67. The lowest BCUT2D eigenvalue weighted by Crippen LogP contribution is -2.49. The first-order valence-corrected chi connectivity index (χ1v) is 24.7. The number of fused-ring (bicyclic) bond motifs is 4. The van der Waals surface area contributed by atoms with Crippen molar-refractivity contribution in [3.05, 3.63) is 119 Å². The fourth-order valence-electron chi connectivity index (χ4n) is 10.4. The maximum Gasteiger partial charge on any atom is 0.264 e. The first-order chi connectivity index (χ1) is 29.4. The number of carbonyl (C=O) groups is 3. The quantitative estimate of drug-likeness (QED) is 0.0924. The van der Waals surface area contributed by atoms with E-state index in [-0.39, 0.29) is 43.9 Å². The molecule has 1 fully saturated rings. The zero-order chi connectivity index (χ0) is 43.1. The van der Waals surface area contributed by atoms with Crippen LogP contribution >= 0.6 is 0 Å². The lowest BCUT2D eigenvalue weighted by molar-refractivity contribution is -0.151. The number of rotatable bonds is 14. The van der Waals surface area contributed by atoms with Gasteiger partial charge in [-0.3, -0.25) is 19.3 Å². The van der Waals surface area contributed by atoms with Crippen molar-refractivity contribution in [3.8, 4) is 5.75 Å². The van der Waals surface area contributed by atoms with Crippen LogP contribution in [0.15, 0.2) is 91.0 Å². The van der Waals surface area contributed by atoms with Gasteiger partial charge in [0.05, 0.1) is 55.7 Å². The van der Waals surface area contributed by atoms with Gasteiger partial charge in [-0.1, -0.05) is 61.5 Å². The summed E-state index contributed by atoms with van der Waals surface area (Å²) in [7, 11) is -3.15. The van der Waals surface area contributed by atoms with Crippen LogP contribution in [-0.2, 0) is 50.7 Å². The number of unbranched alkanes of at least 4 members (excludes halogenated alkanes) is 1. The fourth-order valence-corrected chi connectivity index (χ4v) is 12.9. The third-order valence-electron chi connectivity index (χ3n) is 13.2. The molecule has 12 nitrogen and oxygen atoms in total. The van der Waals surface area contributed by atoms with Gasteiger partial charge in [0.2, 0.25) is 11.8 Å². The van der Waals surface area contributed by atoms with E-state index in [4.69, 9.17) is 9.47 Å². The number of nitrogens with zero attached hydrogens (tertiary/aromatic N) is 3. The Morgan fingerprint density at radius 2 is 1.66 bits per heavy atom. The Kier molecular flexibility index (Phi) is 12.3. The minimum atomic E-state index is -3.15. The van der Waals surface area contributed by atoms with Gasteiger partial charge in [0.1, 0.15) is 5.75 Å². The molecule has 0 aromatic heterocycles. The summed E-state index contributed by atoms with van der Waals surface area (Å²) >= 11 is 0. The van der Waals surface area contributed by atoms with E-state index in [1.807, 2.05) is 118 Å². The molecule has 1 spiro atoms. The molecule has 4 aromatic carbocycles. The monoisotopic (exact) mass is 846 g/mol. The molecule has 0 saturated carbocycles. The van der Waals surface area contributed by atoms with E-state index in [2.05, 4.69) is 5.32 Å². The molecule has 322 valence electrons. The summed E-state index contributed by atoms with van der Waals surface area (Å²) in [6.45, 7) is 9.13. The molecule has 4 aliphatic rings. The molecule has 8 rings (SSSR count). The van der Waals surface area contributed by atoms with E-state index in [0.29, 0.717) is 73.8 Å². The number of nitrogens with one attached hydrogen (secondary N) is 1. The summed E-state index contributed by atoms with van der Waals surface area (Å²) in [5.41, 5.74) is 4.42. The van der Waals surface area contributed by atoms with Crippen LogP contribution in [0.25, 0.3) is 0 Å². The highest BCUT2D eigenvalue weighted by Gasteiger charge is 2.66. The molecule has 0 radical (unpaired) electrons. The molecule has 61 heavy (non-hydrogen) atoms. The van der Waals surface area contributed by atoms with Gasteiger partial charge in [0.25, 0.3) is 5.91 Å². The number of hydrogen-bond acceptors (Lipinski definition) is 9. The number of hydrogen-bond donors (Lipinski definition) is 4. The minimum Gasteiger partial charge on any atom is -0.494 e. The normalized spacial score (nSPS) is 24.6. The number of anilines is 3. The first kappa shape index (κ1) is 42.8. The molecular weight excluding hydrogens is 789 g/mol. The predicted octanol–water partition coefficient (Wildman–Crippen LogP) is 5.72. The van der Waals surface area contributed by atoms with E-state index < -0.39 is 43.6 Å². The molecular formula is C48H58N4O8Si. The number of carbonyl (C=O) groups excluding carboxylic acids is 3. The third kappa shape index (κ3) is 7.92. The highest BCUT2D eigenvalue weighted by atomic mass is 28.4. The van der Waals surface area contributed by atoms with Gasteiger partial charge in [-0.15, -0.1) is 0 Å². The molecule has 1 saturated heterocycles. The lowest BCUT2D eigenvalue weighted by Gasteiger charge is -2.37. The number of ether oxygens (including phenoxy) is 2.